The summed E-state index contributed by atoms with van der Waals surface area (Å²) < 4.78 is 15.7. The van der Waals surface area contributed by atoms with Crippen LogP contribution in [0.2, 0.25) is 0 Å². The second-order valence-corrected chi connectivity index (χ2v) is 5.52. The van der Waals surface area contributed by atoms with Crippen molar-refractivity contribution in [2.45, 2.75) is 12.6 Å². The third kappa shape index (κ3) is 3.97. The number of benzene rings is 2. The van der Waals surface area contributed by atoms with E-state index in [0.29, 0.717) is 11.6 Å². The van der Waals surface area contributed by atoms with E-state index in [1.807, 2.05) is 24.3 Å². The highest BCUT2D eigenvalue weighted by Crippen LogP contribution is 2.20. The number of hydrogen-bond acceptors (Lipinski definition) is 7. The van der Waals surface area contributed by atoms with E-state index in [1.54, 1.807) is 12.1 Å². The SMILES string of the molecule is COC(=O)[C@H]1COC(c2ccc(COc3cccc([N+](=O)[O-])c3)cc2)=N1. The Morgan fingerprint density at radius 2 is 2.08 bits per heavy atom. The van der Waals surface area contributed by atoms with Gasteiger partial charge in [0.25, 0.3) is 5.69 Å². The molecule has 0 unspecified atom stereocenters. The van der Waals surface area contributed by atoms with E-state index in [1.165, 1.54) is 19.2 Å². The highest BCUT2D eigenvalue weighted by atomic mass is 16.6. The van der Waals surface area contributed by atoms with Gasteiger partial charge in [-0.2, -0.15) is 0 Å². The first-order chi connectivity index (χ1) is 12.6. The van der Waals surface area contributed by atoms with Gasteiger partial charge in [0.05, 0.1) is 18.1 Å². The molecule has 26 heavy (non-hydrogen) atoms. The zero-order valence-corrected chi connectivity index (χ0v) is 14.0. The van der Waals surface area contributed by atoms with Crippen LogP contribution < -0.4 is 4.74 Å². The Morgan fingerprint density at radius 1 is 1.31 bits per heavy atom. The summed E-state index contributed by atoms with van der Waals surface area (Å²) in [5.74, 6) is 0.390. The molecule has 8 nitrogen and oxygen atoms in total. The van der Waals surface area contributed by atoms with Crippen molar-refractivity contribution in [1.82, 2.24) is 0 Å². The minimum atomic E-state index is -0.633. The summed E-state index contributed by atoms with van der Waals surface area (Å²) in [5.41, 5.74) is 1.60. The Labute approximate surface area is 149 Å². The smallest absolute Gasteiger partial charge is 0.334 e. The van der Waals surface area contributed by atoms with Gasteiger partial charge in [0, 0.05) is 11.6 Å². The molecule has 0 amide bonds. The highest BCUT2D eigenvalue weighted by Gasteiger charge is 2.27. The maximum atomic E-state index is 11.5. The average Bonchev–Trinajstić information content (AvgIpc) is 3.16. The van der Waals surface area contributed by atoms with E-state index in [4.69, 9.17) is 9.47 Å². The monoisotopic (exact) mass is 356 g/mol. The van der Waals surface area contributed by atoms with Gasteiger partial charge < -0.3 is 14.2 Å². The summed E-state index contributed by atoms with van der Waals surface area (Å²) in [6, 6.07) is 12.7. The number of nitro groups is 1. The number of nitro benzene ring substituents is 1. The molecule has 8 heteroatoms. The summed E-state index contributed by atoms with van der Waals surface area (Å²) in [7, 11) is 1.31. The molecule has 0 spiro atoms. The summed E-state index contributed by atoms with van der Waals surface area (Å²) in [6.45, 7) is 0.430. The number of ether oxygens (including phenoxy) is 3. The van der Waals surface area contributed by atoms with Crippen LogP contribution in [0.3, 0.4) is 0 Å². The average molecular weight is 356 g/mol. The molecule has 2 aromatic carbocycles. The molecule has 0 aliphatic carbocycles. The van der Waals surface area contributed by atoms with Crippen molar-refractivity contribution in [1.29, 1.82) is 0 Å². The number of esters is 1. The quantitative estimate of drug-likeness (QED) is 0.448. The van der Waals surface area contributed by atoms with Gasteiger partial charge in [-0.25, -0.2) is 9.79 Å². The van der Waals surface area contributed by atoms with Crippen molar-refractivity contribution in [2.24, 2.45) is 4.99 Å². The molecule has 134 valence electrons. The second kappa shape index (κ2) is 7.64. The zero-order chi connectivity index (χ0) is 18.5. The third-order valence-electron chi connectivity index (χ3n) is 3.76. The van der Waals surface area contributed by atoms with Crippen molar-refractivity contribution in [3.63, 3.8) is 0 Å². The van der Waals surface area contributed by atoms with Crippen LogP contribution in [0, 0.1) is 10.1 Å². The summed E-state index contributed by atoms with van der Waals surface area (Å²) in [4.78, 5) is 26.0. The van der Waals surface area contributed by atoms with Crippen molar-refractivity contribution in [2.75, 3.05) is 13.7 Å². The van der Waals surface area contributed by atoms with E-state index in [0.717, 1.165) is 11.1 Å². The van der Waals surface area contributed by atoms with Gasteiger partial charge in [-0.1, -0.05) is 18.2 Å². The maximum absolute atomic E-state index is 11.5. The fourth-order valence-corrected chi connectivity index (χ4v) is 2.39. The van der Waals surface area contributed by atoms with Crippen molar-refractivity contribution in [3.8, 4) is 5.75 Å². The number of methoxy groups -OCH3 is 1. The molecular formula is C18H16N2O6. The van der Waals surface area contributed by atoms with Crippen LogP contribution in [-0.4, -0.2) is 36.5 Å². The van der Waals surface area contributed by atoms with Crippen LogP contribution in [0.15, 0.2) is 53.5 Å². The summed E-state index contributed by atoms with van der Waals surface area (Å²) in [5, 5.41) is 10.8. The molecule has 1 aliphatic heterocycles. The van der Waals surface area contributed by atoms with Gasteiger partial charge in [-0.3, -0.25) is 10.1 Å². The molecule has 2 aromatic rings. The molecule has 0 saturated heterocycles. The lowest BCUT2D eigenvalue weighted by molar-refractivity contribution is -0.384. The molecule has 1 heterocycles. The number of carbonyl (C=O) groups is 1. The number of carbonyl (C=O) groups excluding carboxylic acids is 1. The summed E-state index contributed by atoms with van der Waals surface area (Å²) in [6.07, 6.45) is 0. The van der Waals surface area contributed by atoms with Crippen LogP contribution in [0.4, 0.5) is 5.69 Å². The van der Waals surface area contributed by atoms with Crippen LogP contribution in [0.1, 0.15) is 11.1 Å². The maximum Gasteiger partial charge on any atom is 0.334 e. The molecule has 1 atom stereocenters. The molecule has 0 saturated carbocycles. The first-order valence-electron chi connectivity index (χ1n) is 7.82. The van der Waals surface area contributed by atoms with Crippen LogP contribution in [0.5, 0.6) is 5.75 Å². The summed E-state index contributed by atoms with van der Waals surface area (Å²) >= 11 is 0. The first kappa shape index (κ1) is 17.4. The second-order valence-electron chi connectivity index (χ2n) is 5.52. The number of hydrogen-bond donors (Lipinski definition) is 0. The van der Waals surface area contributed by atoms with E-state index >= 15 is 0 Å². The highest BCUT2D eigenvalue weighted by molar-refractivity contribution is 5.97. The number of nitrogens with zero attached hydrogens (tertiary/aromatic N) is 2. The van der Waals surface area contributed by atoms with Gasteiger partial charge in [-0.05, 0) is 23.8 Å². The molecule has 1 aliphatic rings. The predicted octanol–water partition coefficient (Wildman–Crippen LogP) is 2.49. The standard InChI is InChI=1S/C18H16N2O6/c1-24-18(21)16-11-26-17(19-16)13-7-5-12(6-8-13)10-25-15-4-2-3-14(9-15)20(22)23/h2-9,16H,10-11H2,1H3/t16-/m1/s1. The van der Waals surface area contributed by atoms with Crippen molar-refractivity contribution >= 4 is 17.6 Å². The lowest BCUT2D eigenvalue weighted by atomic mass is 10.1. The van der Waals surface area contributed by atoms with Crippen LogP contribution in [-0.2, 0) is 20.9 Å². The molecular weight excluding hydrogens is 340 g/mol. The lowest BCUT2D eigenvalue weighted by Gasteiger charge is -2.07. The lowest BCUT2D eigenvalue weighted by Crippen LogP contribution is -2.21. The van der Waals surface area contributed by atoms with E-state index in [-0.39, 0.29) is 18.9 Å². The van der Waals surface area contributed by atoms with Gasteiger partial charge in [0.2, 0.25) is 5.90 Å². The zero-order valence-electron chi connectivity index (χ0n) is 14.0. The van der Waals surface area contributed by atoms with Crippen molar-refractivity contribution in [3.05, 3.63) is 69.8 Å². The molecule has 0 radical (unpaired) electrons. The largest absolute Gasteiger partial charge is 0.489 e. The van der Waals surface area contributed by atoms with Crippen LogP contribution >= 0.6 is 0 Å². The van der Waals surface area contributed by atoms with Gasteiger partial charge in [-0.15, -0.1) is 0 Å². The Hall–Kier alpha value is -3.42. The van der Waals surface area contributed by atoms with Crippen molar-refractivity contribution < 1.29 is 23.9 Å². The van der Waals surface area contributed by atoms with E-state index < -0.39 is 16.9 Å². The Morgan fingerprint density at radius 3 is 2.77 bits per heavy atom. The van der Waals surface area contributed by atoms with Gasteiger partial charge >= 0.3 is 5.97 Å². The Kier molecular flexibility index (Phi) is 5.12. The minimum absolute atomic E-state index is 0.0191. The molecule has 0 N–H and O–H groups in total. The molecule has 0 aromatic heterocycles. The normalized spacial score (nSPS) is 15.7. The fraction of sp³-hybridized carbons (Fsp3) is 0.222. The number of non-ortho nitro benzene ring substituents is 1. The minimum Gasteiger partial charge on any atom is -0.489 e. The number of aliphatic imine (C=N–C) groups is 1. The van der Waals surface area contributed by atoms with E-state index in [2.05, 4.69) is 9.73 Å². The van der Waals surface area contributed by atoms with Gasteiger partial charge in [0.1, 0.15) is 19.0 Å². The third-order valence-corrected chi connectivity index (χ3v) is 3.76. The fourth-order valence-electron chi connectivity index (χ4n) is 2.39. The molecule has 0 bridgehead atoms. The molecule has 0 fully saturated rings. The predicted molar refractivity (Wildman–Crippen MR) is 92.2 cm³/mol. The topological polar surface area (TPSA) is 100 Å². The first-order valence-corrected chi connectivity index (χ1v) is 7.82. The number of rotatable bonds is 6. The van der Waals surface area contributed by atoms with Crippen LogP contribution in [0.25, 0.3) is 0 Å². The Bertz CT molecular complexity index is 847. The molecule has 3 rings (SSSR count). The Balaban J connectivity index is 1.63. The van der Waals surface area contributed by atoms with E-state index in [9.17, 15) is 14.9 Å². The van der Waals surface area contributed by atoms with Gasteiger partial charge in [0.15, 0.2) is 6.04 Å².